The van der Waals surface area contributed by atoms with E-state index in [-0.39, 0.29) is 18.1 Å². The zero-order valence-electron chi connectivity index (χ0n) is 20.6. The Morgan fingerprint density at radius 2 is 1.95 bits per heavy atom. The van der Waals surface area contributed by atoms with E-state index in [0.717, 1.165) is 66.7 Å². The standard InChI is InChI=1S/C29H30N4O3S/c34-18-33-12-9-24(10-13-33)36-23-6-3-21(4-7-23)28-25-16-22(5-8-26(25)31-32-28)29(35)30-27(20-1-2-20)15-19-11-14-37-17-19/h3-8,11,14,16-18,20,24,27H,1-2,9-10,12-13,15H2,(H,30,35)(H,31,32). The van der Waals surface area contributed by atoms with Gasteiger partial charge in [0.2, 0.25) is 6.41 Å². The number of hydrogen-bond donors (Lipinski definition) is 2. The molecule has 8 heteroatoms. The van der Waals surface area contributed by atoms with Gasteiger partial charge in [0, 0.05) is 48.5 Å². The average Bonchev–Trinajstić information content (AvgIpc) is 3.49. The molecule has 2 aromatic carbocycles. The van der Waals surface area contributed by atoms with E-state index in [1.54, 1.807) is 16.2 Å². The van der Waals surface area contributed by atoms with Crippen molar-refractivity contribution < 1.29 is 14.3 Å². The molecule has 1 aliphatic carbocycles. The Balaban J connectivity index is 1.16. The van der Waals surface area contributed by atoms with Gasteiger partial charge >= 0.3 is 0 Å². The lowest BCUT2D eigenvalue weighted by molar-refractivity contribution is -0.119. The van der Waals surface area contributed by atoms with Crippen LogP contribution in [0.5, 0.6) is 5.75 Å². The maximum atomic E-state index is 13.2. The molecule has 4 aromatic rings. The Hall–Kier alpha value is -3.65. The molecule has 1 atom stereocenters. The minimum Gasteiger partial charge on any atom is -0.490 e. The van der Waals surface area contributed by atoms with E-state index in [1.807, 2.05) is 42.5 Å². The van der Waals surface area contributed by atoms with Crippen molar-refractivity contribution in [1.29, 1.82) is 0 Å². The largest absolute Gasteiger partial charge is 0.490 e. The second kappa shape index (κ2) is 10.4. The third kappa shape index (κ3) is 5.39. The van der Waals surface area contributed by atoms with Crippen LogP contribution in [0.3, 0.4) is 0 Å². The van der Waals surface area contributed by atoms with Crippen LogP contribution in [0.1, 0.15) is 41.6 Å². The number of fused-ring (bicyclic) bond motifs is 1. The summed E-state index contributed by atoms with van der Waals surface area (Å²) in [6.45, 7) is 1.47. The lowest BCUT2D eigenvalue weighted by Crippen LogP contribution is -2.38. The molecule has 3 heterocycles. The van der Waals surface area contributed by atoms with Crippen molar-refractivity contribution in [2.75, 3.05) is 13.1 Å². The van der Waals surface area contributed by atoms with Crippen LogP contribution < -0.4 is 10.1 Å². The molecule has 0 radical (unpaired) electrons. The third-order valence-electron chi connectivity index (χ3n) is 7.42. The second-order valence-corrected chi connectivity index (χ2v) is 10.8. The van der Waals surface area contributed by atoms with Gasteiger partial charge in [-0.25, -0.2) is 0 Å². The summed E-state index contributed by atoms with van der Waals surface area (Å²) in [5, 5.41) is 16.1. The number of rotatable bonds is 9. The van der Waals surface area contributed by atoms with Crippen LogP contribution in [-0.4, -0.2) is 52.6 Å². The molecule has 0 bridgehead atoms. The predicted octanol–water partition coefficient (Wildman–Crippen LogP) is 5.04. The molecule has 6 rings (SSSR count). The highest BCUT2D eigenvalue weighted by molar-refractivity contribution is 7.07. The zero-order valence-corrected chi connectivity index (χ0v) is 21.4. The van der Waals surface area contributed by atoms with Gasteiger partial charge in [0.1, 0.15) is 11.9 Å². The van der Waals surface area contributed by atoms with Crippen LogP contribution in [0.25, 0.3) is 22.2 Å². The molecule has 2 aromatic heterocycles. The summed E-state index contributed by atoms with van der Waals surface area (Å²) < 4.78 is 6.13. The first kappa shape index (κ1) is 23.7. The van der Waals surface area contributed by atoms with Crippen molar-refractivity contribution in [2.24, 2.45) is 5.92 Å². The number of ether oxygens (including phenoxy) is 1. The molecule has 0 spiro atoms. The van der Waals surface area contributed by atoms with Crippen molar-refractivity contribution >= 4 is 34.6 Å². The predicted molar refractivity (Wildman–Crippen MR) is 145 cm³/mol. The molecule has 1 unspecified atom stereocenters. The van der Waals surface area contributed by atoms with Gasteiger partial charge in [-0.15, -0.1) is 0 Å². The van der Waals surface area contributed by atoms with E-state index in [0.29, 0.717) is 11.5 Å². The lowest BCUT2D eigenvalue weighted by Gasteiger charge is -2.29. The Morgan fingerprint density at radius 1 is 1.14 bits per heavy atom. The number of piperidine rings is 1. The van der Waals surface area contributed by atoms with Gasteiger partial charge in [0.25, 0.3) is 5.91 Å². The molecule has 2 amide bonds. The number of benzene rings is 2. The fourth-order valence-electron chi connectivity index (χ4n) is 5.11. The molecule has 2 aliphatic rings. The molecule has 37 heavy (non-hydrogen) atoms. The number of amides is 2. The number of likely N-dealkylation sites (tertiary alicyclic amines) is 1. The monoisotopic (exact) mass is 514 g/mol. The molecule has 2 fully saturated rings. The minimum absolute atomic E-state index is 0.0365. The van der Waals surface area contributed by atoms with Crippen molar-refractivity contribution in [3.63, 3.8) is 0 Å². The highest BCUT2D eigenvalue weighted by Crippen LogP contribution is 2.35. The first-order chi connectivity index (χ1) is 18.2. The van der Waals surface area contributed by atoms with Crippen LogP contribution in [0.15, 0.2) is 59.3 Å². The summed E-state index contributed by atoms with van der Waals surface area (Å²) >= 11 is 1.70. The van der Waals surface area contributed by atoms with E-state index in [4.69, 9.17) is 4.74 Å². The number of carbonyl (C=O) groups is 2. The molecule has 1 aliphatic heterocycles. The maximum Gasteiger partial charge on any atom is 0.251 e. The van der Waals surface area contributed by atoms with Crippen LogP contribution in [-0.2, 0) is 11.2 Å². The number of H-pyrrole nitrogens is 1. The van der Waals surface area contributed by atoms with Crippen LogP contribution in [0, 0.1) is 5.92 Å². The van der Waals surface area contributed by atoms with E-state index in [1.165, 1.54) is 18.4 Å². The van der Waals surface area contributed by atoms with Crippen molar-refractivity contribution in [1.82, 2.24) is 20.4 Å². The summed E-state index contributed by atoms with van der Waals surface area (Å²) in [6, 6.07) is 16.0. The summed E-state index contributed by atoms with van der Waals surface area (Å²) in [4.78, 5) is 25.9. The van der Waals surface area contributed by atoms with E-state index in [9.17, 15) is 9.59 Å². The Labute approximate surface area is 219 Å². The second-order valence-electron chi connectivity index (χ2n) is 10.1. The van der Waals surface area contributed by atoms with Crippen molar-refractivity contribution in [3.05, 3.63) is 70.4 Å². The summed E-state index contributed by atoms with van der Waals surface area (Å²) in [6.07, 6.45) is 5.94. The van der Waals surface area contributed by atoms with E-state index < -0.39 is 0 Å². The quantitative estimate of drug-likeness (QED) is 0.306. The normalized spacial score (nSPS) is 17.0. The summed E-state index contributed by atoms with van der Waals surface area (Å²) in [7, 11) is 0. The molecular weight excluding hydrogens is 484 g/mol. The van der Waals surface area contributed by atoms with E-state index >= 15 is 0 Å². The number of carbonyl (C=O) groups excluding carboxylic acids is 2. The van der Waals surface area contributed by atoms with Gasteiger partial charge in [-0.05, 0) is 90.0 Å². The molecule has 2 N–H and O–H groups in total. The van der Waals surface area contributed by atoms with Gasteiger partial charge in [0.15, 0.2) is 0 Å². The molecule has 1 saturated carbocycles. The number of aromatic amines is 1. The Morgan fingerprint density at radius 3 is 2.65 bits per heavy atom. The minimum atomic E-state index is -0.0365. The van der Waals surface area contributed by atoms with Crippen LogP contribution >= 0.6 is 11.3 Å². The Kier molecular flexibility index (Phi) is 6.66. The number of aromatic nitrogens is 2. The first-order valence-corrected chi connectivity index (χ1v) is 13.9. The number of hydrogen-bond acceptors (Lipinski definition) is 5. The van der Waals surface area contributed by atoms with Gasteiger partial charge in [-0.1, -0.05) is 0 Å². The highest BCUT2D eigenvalue weighted by atomic mass is 32.1. The number of thiophene rings is 1. The van der Waals surface area contributed by atoms with Crippen molar-refractivity contribution in [3.8, 4) is 17.0 Å². The first-order valence-electron chi connectivity index (χ1n) is 12.9. The molecule has 190 valence electrons. The lowest BCUT2D eigenvalue weighted by atomic mass is 10.0. The van der Waals surface area contributed by atoms with Crippen LogP contribution in [0.2, 0.25) is 0 Å². The fourth-order valence-corrected chi connectivity index (χ4v) is 5.79. The van der Waals surface area contributed by atoms with E-state index in [2.05, 4.69) is 32.3 Å². The Bertz CT molecular complexity index is 1370. The fraction of sp³-hybridized carbons (Fsp3) is 0.345. The van der Waals surface area contributed by atoms with Crippen LogP contribution in [0.4, 0.5) is 0 Å². The van der Waals surface area contributed by atoms with Gasteiger partial charge in [0.05, 0.1) is 11.2 Å². The van der Waals surface area contributed by atoms with Gasteiger partial charge in [-0.2, -0.15) is 16.4 Å². The average molecular weight is 515 g/mol. The zero-order chi connectivity index (χ0) is 25.2. The summed E-state index contributed by atoms with van der Waals surface area (Å²) in [5.41, 5.74) is 4.60. The number of nitrogens with one attached hydrogen (secondary N) is 2. The SMILES string of the molecule is O=CN1CCC(Oc2ccc(-c3n[nH]c4ccc(C(=O)NC(Cc5ccsc5)C5CC5)cc34)cc2)CC1. The molecule has 1 saturated heterocycles. The maximum absolute atomic E-state index is 13.2. The third-order valence-corrected chi connectivity index (χ3v) is 8.16. The van der Waals surface area contributed by atoms with Gasteiger partial charge < -0.3 is 15.0 Å². The topological polar surface area (TPSA) is 87.3 Å². The summed E-state index contributed by atoms with van der Waals surface area (Å²) in [5.74, 6) is 1.34. The van der Waals surface area contributed by atoms with Crippen molar-refractivity contribution in [2.45, 2.75) is 44.2 Å². The molecular formula is C29H30N4O3S. The van der Waals surface area contributed by atoms with Gasteiger partial charge in [-0.3, -0.25) is 14.7 Å². The molecule has 7 nitrogen and oxygen atoms in total. The highest BCUT2D eigenvalue weighted by Gasteiger charge is 2.32. The smallest absolute Gasteiger partial charge is 0.251 e. The number of nitrogens with zero attached hydrogens (tertiary/aromatic N) is 2.